The Morgan fingerprint density at radius 1 is 1.20 bits per heavy atom. The number of amides is 1. The van der Waals surface area contributed by atoms with Gasteiger partial charge in [-0.2, -0.15) is 13.2 Å². The van der Waals surface area contributed by atoms with Crippen LogP contribution in [0.15, 0.2) is 30.3 Å². The smallest absolute Gasteiger partial charge is 0.338 e. The summed E-state index contributed by atoms with van der Waals surface area (Å²) in [6.07, 6.45) is -5.42. The molecule has 114 valence electrons. The number of hydrogen-bond acceptors (Lipinski definition) is 2. The molecule has 0 fully saturated rings. The zero-order valence-corrected chi connectivity index (χ0v) is 11.7. The first-order valence-electron chi connectivity index (χ1n) is 6.01. The third-order valence-corrected chi connectivity index (χ3v) is 2.55. The molecule has 7 heteroatoms. The molecule has 2 N–H and O–H groups in total. The number of halogens is 4. The van der Waals surface area contributed by atoms with Crippen LogP contribution in [0.1, 0.15) is 18.4 Å². The molecular weight excluding hydrogens is 293 g/mol. The number of alkyl halides is 3. The summed E-state index contributed by atoms with van der Waals surface area (Å²) in [7, 11) is 0. The topological polar surface area (TPSA) is 46.3 Å². The van der Waals surface area contributed by atoms with Crippen LogP contribution in [0.3, 0.4) is 0 Å². The van der Waals surface area contributed by atoms with Gasteiger partial charge in [0.25, 0.3) is 0 Å². The van der Waals surface area contributed by atoms with Crippen molar-refractivity contribution in [1.82, 2.24) is 4.90 Å². The summed E-state index contributed by atoms with van der Waals surface area (Å²) in [5, 5.41) is 0. The molecule has 1 aromatic carbocycles. The van der Waals surface area contributed by atoms with E-state index in [9.17, 15) is 18.0 Å². The van der Waals surface area contributed by atoms with E-state index in [1.165, 1.54) is 4.90 Å². The lowest BCUT2D eigenvalue weighted by atomic mass is 10.2. The SMILES string of the molecule is Cl.NCCCN(Cc1ccccc1)C(=O)CC(F)(F)F. The average molecular weight is 311 g/mol. The third kappa shape index (κ3) is 7.35. The van der Waals surface area contributed by atoms with Crippen molar-refractivity contribution in [2.75, 3.05) is 13.1 Å². The number of benzene rings is 1. The second kappa shape index (κ2) is 8.81. The van der Waals surface area contributed by atoms with Gasteiger partial charge in [0.2, 0.25) is 5.91 Å². The Balaban J connectivity index is 0.00000361. The van der Waals surface area contributed by atoms with E-state index in [0.717, 1.165) is 5.56 Å². The standard InChI is InChI=1S/C13H17F3N2O.ClH/c14-13(15,16)9-12(19)18(8-4-7-17)10-11-5-2-1-3-6-11;/h1-3,5-6H,4,7-10,17H2;1H. The Kier molecular flexibility index (Phi) is 8.25. The lowest BCUT2D eigenvalue weighted by Gasteiger charge is -2.23. The van der Waals surface area contributed by atoms with Crippen LogP contribution in [0.5, 0.6) is 0 Å². The van der Waals surface area contributed by atoms with E-state index >= 15 is 0 Å². The van der Waals surface area contributed by atoms with Crippen molar-refractivity contribution in [3.8, 4) is 0 Å². The minimum atomic E-state index is -4.48. The maximum atomic E-state index is 12.3. The molecule has 0 atom stereocenters. The number of rotatable bonds is 6. The summed E-state index contributed by atoms with van der Waals surface area (Å²) in [6, 6.07) is 8.92. The van der Waals surface area contributed by atoms with E-state index in [1.807, 2.05) is 6.07 Å². The molecule has 0 aromatic heterocycles. The van der Waals surface area contributed by atoms with Gasteiger partial charge in [0.1, 0.15) is 6.42 Å². The molecule has 1 amide bonds. The maximum absolute atomic E-state index is 12.3. The molecule has 0 bridgehead atoms. The summed E-state index contributed by atoms with van der Waals surface area (Å²) in [6.45, 7) is 0.751. The summed E-state index contributed by atoms with van der Waals surface area (Å²) in [4.78, 5) is 12.8. The predicted molar refractivity (Wildman–Crippen MR) is 73.5 cm³/mol. The molecule has 3 nitrogen and oxygen atoms in total. The fourth-order valence-electron chi connectivity index (χ4n) is 1.66. The molecule has 0 unspecified atom stereocenters. The summed E-state index contributed by atoms with van der Waals surface area (Å²) in [5.74, 6) is -0.912. The number of carbonyl (C=O) groups excluding carboxylic acids is 1. The van der Waals surface area contributed by atoms with Gasteiger partial charge in [-0.1, -0.05) is 30.3 Å². The minimum absolute atomic E-state index is 0. The van der Waals surface area contributed by atoms with Crippen molar-refractivity contribution in [2.45, 2.75) is 25.6 Å². The van der Waals surface area contributed by atoms with Crippen molar-refractivity contribution < 1.29 is 18.0 Å². The molecule has 0 aliphatic rings. The van der Waals surface area contributed by atoms with Crippen molar-refractivity contribution >= 4 is 18.3 Å². The number of nitrogens with two attached hydrogens (primary N) is 1. The highest BCUT2D eigenvalue weighted by molar-refractivity contribution is 5.85. The highest BCUT2D eigenvalue weighted by atomic mass is 35.5. The van der Waals surface area contributed by atoms with Crippen molar-refractivity contribution in [2.24, 2.45) is 5.73 Å². The molecule has 1 aromatic rings. The molecule has 0 spiro atoms. The Labute approximate surface area is 122 Å². The fourth-order valence-corrected chi connectivity index (χ4v) is 1.66. The van der Waals surface area contributed by atoms with Gasteiger partial charge >= 0.3 is 6.18 Å². The zero-order valence-electron chi connectivity index (χ0n) is 10.9. The average Bonchev–Trinajstić information content (AvgIpc) is 2.33. The molecule has 0 radical (unpaired) electrons. The molecule has 20 heavy (non-hydrogen) atoms. The van der Waals surface area contributed by atoms with Gasteiger partial charge in [0.15, 0.2) is 0 Å². The normalized spacial score (nSPS) is 10.8. The number of hydrogen-bond donors (Lipinski definition) is 1. The third-order valence-electron chi connectivity index (χ3n) is 2.55. The first-order chi connectivity index (χ1) is 8.92. The first-order valence-corrected chi connectivity index (χ1v) is 6.01. The molecule has 0 heterocycles. The lowest BCUT2D eigenvalue weighted by Crippen LogP contribution is -2.35. The molecule has 0 saturated heterocycles. The first kappa shape index (κ1) is 18.7. The van der Waals surface area contributed by atoms with E-state index in [1.54, 1.807) is 24.3 Å². The highest BCUT2D eigenvalue weighted by Gasteiger charge is 2.33. The molecule has 0 saturated carbocycles. The lowest BCUT2D eigenvalue weighted by molar-refractivity contribution is -0.161. The fraction of sp³-hybridized carbons (Fsp3) is 0.462. The summed E-state index contributed by atoms with van der Waals surface area (Å²) >= 11 is 0. The summed E-state index contributed by atoms with van der Waals surface area (Å²) < 4.78 is 36.8. The number of nitrogens with zero attached hydrogens (tertiary/aromatic N) is 1. The van der Waals surface area contributed by atoms with E-state index in [-0.39, 0.29) is 25.5 Å². The molecule has 1 rings (SSSR count). The Bertz CT molecular complexity index is 398. The van der Waals surface area contributed by atoms with Crippen LogP contribution in [0.2, 0.25) is 0 Å². The highest BCUT2D eigenvalue weighted by Crippen LogP contribution is 2.21. The molecular formula is C13H18ClF3N2O. The van der Waals surface area contributed by atoms with Crippen LogP contribution >= 0.6 is 12.4 Å². The summed E-state index contributed by atoms with van der Waals surface area (Å²) in [5.41, 5.74) is 6.14. The van der Waals surface area contributed by atoms with Crippen LogP contribution in [0, 0.1) is 0 Å². The minimum Gasteiger partial charge on any atom is -0.338 e. The van der Waals surface area contributed by atoms with Gasteiger partial charge in [0.05, 0.1) is 0 Å². The van der Waals surface area contributed by atoms with Crippen LogP contribution < -0.4 is 5.73 Å². The van der Waals surface area contributed by atoms with E-state index in [2.05, 4.69) is 0 Å². The van der Waals surface area contributed by atoms with E-state index < -0.39 is 18.5 Å². The number of carbonyl (C=O) groups is 1. The quantitative estimate of drug-likeness (QED) is 0.878. The van der Waals surface area contributed by atoms with Gasteiger partial charge in [0, 0.05) is 13.1 Å². The second-order valence-corrected chi connectivity index (χ2v) is 4.24. The van der Waals surface area contributed by atoms with Crippen LogP contribution in [-0.4, -0.2) is 30.1 Å². The van der Waals surface area contributed by atoms with Gasteiger partial charge < -0.3 is 10.6 Å². The van der Waals surface area contributed by atoms with Gasteiger partial charge in [-0.3, -0.25) is 4.79 Å². The largest absolute Gasteiger partial charge is 0.397 e. The van der Waals surface area contributed by atoms with E-state index in [0.29, 0.717) is 13.0 Å². The van der Waals surface area contributed by atoms with Crippen molar-refractivity contribution in [1.29, 1.82) is 0 Å². The van der Waals surface area contributed by atoms with E-state index in [4.69, 9.17) is 5.73 Å². The van der Waals surface area contributed by atoms with Gasteiger partial charge in [-0.25, -0.2) is 0 Å². The van der Waals surface area contributed by atoms with Gasteiger partial charge in [-0.15, -0.1) is 12.4 Å². The zero-order chi connectivity index (χ0) is 14.3. The predicted octanol–water partition coefficient (Wildman–Crippen LogP) is 2.74. The van der Waals surface area contributed by atoms with Crippen molar-refractivity contribution in [3.63, 3.8) is 0 Å². The van der Waals surface area contributed by atoms with Crippen LogP contribution in [0.25, 0.3) is 0 Å². The van der Waals surface area contributed by atoms with Crippen LogP contribution in [0.4, 0.5) is 13.2 Å². The Morgan fingerprint density at radius 2 is 1.80 bits per heavy atom. The molecule has 0 aliphatic carbocycles. The maximum Gasteiger partial charge on any atom is 0.397 e. The Hall–Kier alpha value is -1.27. The van der Waals surface area contributed by atoms with Gasteiger partial charge in [-0.05, 0) is 18.5 Å². The monoisotopic (exact) mass is 310 g/mol. The second-order valence-electron chi connectivity index (χ2n) is 4.24. The molecule has 0 aliphatic heterocycles. The Morgan fingerprint density at radius 3 is 2.30 bits per heavy atom. The van der Waals surface area contributed by atoms with Crippen LogP contribution in [-0.2, 0) is 11.3 Å². The van der Waals surface area contributed by atoms with Crippen molar-refractivity contribution in [3.05, 3.63) is 35.9 Å².